The van der Waals surface area contributed by atoms with Crippen LogP contribution in [0.1, 0.15) is 6.42 Å². The summed E-state index contributed by atoms with van der Waals surface area (Å²) in [7, 11) is 1.59. The maximum absolute atomic E-state index is 12.5. The number of nitrogens with one attached hydrogen (secondary N) is 1. The Morgan fingerprint density at radius 2 is 1.92 bits per heavy atom. The largest absolute Gasteiger partial charge is 0.383 e. The van der Waals surface area contributed by atoms with Crippen molar-refractivity contribution >= 4 is 17.8 Å². The summed E-state index contributed by atoms with van der Waals surface area (Å²) in [5, 5.41) is 2.80. The summed E-state index contributed by atoms with van der Waals surface area (Å²) in [5.74, 6) is 0.417. The number of hydrogen-bond acceptors (Lipinski definition) is 6. The van der Waals surface area contributed by atoms with E-state index in [0.717, 1.165) is 0 Å². The van der Waals surface area contributed by atoms with Crippen LogP contribution in [0.3, 0.4) is 0 Å². The van der Waals surface area contributed by atoms with Crippen molar-refractivity contribution in [2.75, 3.05) is 51.3 Å². The fourth-order valence-corrected chi connectivity index (χ4v) is 2.98. The molecule has 2 unspecified atom stereocenters. The Morgan fingerprint density at radius 1 is 1.21 bits per heavy atom. The predicted octanol–water partition coefficient (Wildman–Crippen LogP) is -0.476. The summed E-state index contributed by atoms with van der Waals surface area (Å²) < 4.78 is 4.90. The first-order valence-corrected chi connectivity index (χ1v) is 8.28. The van der Waals surface area contributed by atoms with Gasteiger partial charge in [-0.25, -0.2) is 9.97 Å². The quantitative estimate of drug-likeness (QED) is 0.708. The van der Waals surface area contributed by atoms with Gasteiger partial charge in [0.05, 0.1) is 18.4 Å². The Morgan fingerprint density at radius 3 is 2.58 bits per heavy atom. The minimum atomic E-state index is -0.176. The lowest BCUT2D eigenvalue weighted by atomic mass is 10.2. The van der Waals surface area contributed by atoms with Crippen LogP contribution in [0, 0.1) is 11.8 Å². The number of piperazine rings is 1. The molecule has 24 heavy (non-hydrogen) atoms. The third-order valence-corrected chi connectivity index (χ3v) is 4.48. The Balaban J connectivity index is 1.44. The van der Waals surface area contributed by atoms with Crippen LogP contribution >= 0.6 is 0 Å². The van der Waals surface area contributed by atoms with Crippen LogP contribution in [0.25, 0.3) is 0 Å². The van der Waals surface area contributed by atoms with Crippen LogP contribution in [-0.4, -0.2) is 73.1 Å². The van der Waals surface area contributed by atoms with Gasteiger partial charge >= 0.3 is 0 Å². The van der Waals surface area contributed by atoms with Crippen LogP contribution in [-0.2, 0) is 14.3 Å². The molecule has 2 aliphatic rings. The Hall–Kier alpha value is -2.22. The van der Waals surface area contributed by atoms with Crippen LogP contribution in [0.15, 0.2) is 18.5 Å². The number of amides is 2. The van der Waals surface area contributed by atoms with E-state index in [9.17, 15) is 9.59 Å². The molecule has 1 aromatic heterocycles. The van der Waals surface area contributed by atoms with E-state index in [1.165, 1.54) is 0 Å². The molecule has 8 heteroatoms. The van der Waals surface area contributed by atoms with E-state index in [2.05, 4.69) is 20.2 Å². The highest BCUT2D eigenvalue weighted by molar-refractivity contribution is 5.92. The van der Waals surface area contributed by atoms with Crippen molar-refractivity contribution in [3.8, 4) is 0 Å². The highest BCUT2D eigenvalue weighted by Crippen LogP contribution is 2.40. The zero-order valence-corrected chi connectivity index (χ0v) is 13.9. The second-order valence-electron chi connectivity index (χ2n) is 6.09. The molecule has 1 saturated carbocycles. The second-order valence-corrected chi connectivity index (χ2v) is 6.09. The number of anilines is 1. The van der Waals surface area contributed by atoms with Gasteiger partial charge in [0.2, 0.25) is 17.8 Å². The molecule has 2 fully saturated rings. The van der Waals surface area contributed by atoms with E-state index in [0.29, 0.717) is 51.7 Å². The lowest BCUT2D eigenvalue weighted by Gasteiger charge is -2.34. The average molecular weight is 333 g/mol. The third kappa shape index (κ3) is 3.81. The minimum absolute atomic E-state index is 0.0401. The van der Waals surface area contributed by atoms with Crippen molar-refractivity contribution in [2.45, 2.75) is 6.42 Å². The van der Waals surface area contributed by atoms with Crippen LogP contribution in [0.4, 0.5) is 5.95 Å². The molecule has 1 N–H and O–H groups in total. The number of carbonyl (C=O) groups excluding carboxylic acids is 2. The number of rotatable bonds is 6. The van der Waals surface area contributed by atoms with Crippen molar-refractivity contribution in [2.24, 2.45) is 11.8 Å². The summed E-state index contributed by atoms with van der Waals surface area (Å²) in [4.78, 5) is 36.9. The molecule has 1 aromatic rings. The molecule has 2 heterocycles. The molecule has 0 bridgehead atoms. The number of ether oxygens (including phenoxy) is 1. The second kappa shape index (κ2) is 7.57. The molecular formula is C16H23N5O3. The van der Waals surface area contributed by atoms with Crippen molar-refractivity contribution in [3.63, 3.8) is 0 Å². The zero-order valence-electron chi connectivity index (χ0n) is 13.9. The van der Waals surface area contributed by atoms with Gasteiger partial charge < -0.3 is 19.9 Å². The first-order chi connectivity index (χ1) is 11.7. The van der Waals surface area contributed by atoms with E-state index in [4.69, 9.17) is 4.74 Å². The minimum Gasteiger partial charge on any atom is -0.383 e. The zero-order chi connectivity index (χ0) is 16.9. The molecule has 0 aromatic carbocycles. The number of carbonyl (C=O) groups is 2. The lowest BCUT2D eigenvalue weighted by molar-refractivity contribution is -0.135. The summed E-state index contributed by atoms with van der Waals surface area (Å²) in [5.41, 5.74) is 0. The monoisotopic (exact) mass is 333 g/mol. The van der Waals surface area contributed by atoms with Gasteiger partial charge in [0.25, 0.3) is 0 Å². The van der Waals surface area contributed by atoms with E-state index in [1.807, 2.05) is 4.90 Å². The van der Waals surface area contributed by atoms with Gasteiger partial charge in [-0.3, -0.25) is 9.59 Å². The third-order valence-electron chi connectivity index (χ3n) is 4.48. The van der Waals surface area contributed by atoms with Gasteiger partial charge in [0.1, 0.15) is 0 Å². The van der Waals surface area contributed by atoms with Crippen molar-refractivity contribution in [3.05, 3.63) is 18.5 Å². The molecule has 3 rings (SSSR count). The van der Waals surface area contributed by atoms with E-state index in [1.54, 1.807) is 25.6 Å². The van der Waals surface area contributed by atoms with Crippen LogP contribution in [0.5, 0.6) is 0 Å². The van der Waals surface area contributed by atoms with Gasteiger partial charge in [0, 0.05) is 52.2 Å². The Labute approximate surface area is 141 Å². The number of nitrogens with zero attached hydrogens (tertiary/aromatic N) is 4. The Kier molecular flexibility index (Phi) is 5.24. The summed E-state index contributed by atoms with van der Waals surface area (Å²) in [6.07, 6.45) is 4.09. The summed E-state index contributed by atoms with van der Waals surface area (Å²) in [6, 6.07) is 1.79. The molecule has 1 aliphatic heterocycles. The van der Waals surface area contributed by atoms with Gasteiger partial charge in [-0.05, 0) is 12.5 Å². The molecule has 8 nitrogen and oxygen atoms in total. The van der Waals surface area contributed by atoms with Crippen LogP contribution in [0.2, 0.25) is 0 Å². The first kappa shape index (κ1) is 16.6. The normalized spacial score (nSPS) is 23.0. The van der Waals surface area contributed by atoms with E-state index >= 15 is 0 Å². The van der Waals surface area contributed by atoms with Crippen LogP contribution < -0.4 is 10.2 Å². The molecule has 1 aliphatic carbocycles. The van der Waals surface area contributed by atoms with E-state index in [-0.39, 0.29) is 23.7 Å². The molecule has 0 spiro atoms. The summed E-state index contributed by atoms with van der Waals surface area (Å²) >= 11 is 0. The fourth-order valence-electron chi connectivity index (χ4n) is 2.98. The standard InChI is InChI=1S/C16H23N5O3/c1-24-10-5-17-14(22)12-11-13(12)15(23)20-6-8-21(9-7-20)16-18-3-2-4-19-16/h2-4,12-13H,5-11H2,1H3,(H,17,22). The van der Waals surface area contributed by atoms with Gasteiger partial charge in [-0.15, -0.1) is 0 Å². The highest BCUT2D eigenvalue weighted by Gasteiger charge is 2.49. The number of methoxy groups -OCH3 is 1. The summed E-state index contributed by atoms with van der Waals surface area (Å²) in [6.45, 7) is 3.70. The molecule has 1 saturated heterocycles. The van der Waals surface area contributed by atoms with Gasteiger partial charge in [-0.2, -0.15) is 0 Å². The van der Waals surface area contributed by atoms with Crippen molar-refractivity contribution in [1.82, 2.24) is 20.2 Å². The van der Waals surface area contributed by atoms with Gasteiger partial charge in [-0.1, -0.05) is 0 Å². The van der Waals surface area contributed by atoms with Crippen molar-refractivity contribution in [1.29, 1.82) is 0 Å². The predicted molar refractivity (Wildman–Crippen MR) is 87.3 cm³/mol. The molecular weight excluding hydrogens is 310 g/mol. The molecule has 130 valence electrons. The topological polar surface area (TPSA) is 87.7 Å². The molecule has 2 amide bonds. The average Bonchev–Trinajstić information content (AvgIpc) is 3.43. The molecule has 0 radical (unpaired) electrons. The van der Waals surface area contributed by atoms with Gasteiger partial charge in [0.15, 0.2) is 0 Å². The number of hydrogen-bond donors (Lipinski definition) is 1. The fraction of sp³-hybridized carbons (Fsp3) is 0.625. The smallest absolute Gasteiger partial charge is 0.226 e. The Bertz CT molecular complexity index is 574. The van der Waals surface area contributed by atoms with E-state index < -0.39 is 0 Å². The number of aromatic nitrogens is 2. The maximum atomic E-state index is 12.5. The lowest BCUT2D eigenvalue weighted by Crippen LogP contribution is -2.50. The van der Waals surface area contributed by atoms with Crippen molar-refractivity contribution < 1.29 is 14.3 Å². The maximum Gasteiger partial charge on any atom is 0.226 e. The highest BCUT2D eigenvalue weighted by atomic mass is 16.5. The first-order valence-electron chi connectivity index (χ1n) is 8.28. The SMILES string of the molecule is COCCNC(=O)C1CC1C(=O)N1CCN(c2ncccn2)CC1. The molecule has 2 atom stereocenters.